The van der Waals surface area contributed by atoms with Gasteiger partial charge in [-0.05, 0) is 50.5 Å². The van der Waals surface area contributed by atoms with Crippen molar-refractivity contribution in [3.63, 3.8) is 0 Å². The molecule has 3 aromatic heterocycles. The van der Waals surface area contributed by atoms with E-state index in [4.69, 9.17) is 0 Å². The summed E-state index contributed by atoms with van der Waals surface area (Å²) >= 11 is 0. The monoisotopic (exact) mass is 376 g/mol. The number of nitrogens with one attached hydrogen (secondary N) is 1. The highest BCUT2D eigenvalue weighted by molar-refractivity contribution is 5.80. The number of hydrogen-bond donors (Lipinski definition) is 1. The van der Waals surface area contributed by atoms with Gasteiger partial charge in [-0.2, -0.15) is 0 Å². The molecule has 7 heteroatoms. The average molecular weight is 376 g/mol. The Hall–Kier alpha value is -3.09. The normalized spacial score (nSPS) is 16.9. The number of carbonyl (C=O) groups excluding carboxylic acids is 1. The Kier molecular flexibility index (Phi) is 5.14. The molecule has 1 fully saturated rings. The molecule has 4 heterocycles. The molecule has 4 rings (SSSR count). The number of anilines is 1. The van der Waals surface area contributed by atoms with E-state index in [1.54, 1.807) is 12.4 Å². The summed E-state index contributed by atoms with van der Waals surface area (Å²) in [7, 11) is 0. The molecule has 0 spiro atoms. The van der Waals surface area contributed by atoms with E-state index in [2.05, 4.69) is 30.2 Å². The summed E-state index contributed by atoms with van der Waals surface area (Å²) in [4.78, 5) is 32.5. The van der Waals surface area contributed by atoms with Crippen LogP contribution in [0.25, 0.3) is 11.2 Å². The molecule has 7 nitrogen and oxygen atoms in total. The molecule has 0 unspecified atom stereocenters. The lowest BCUT2D eigenvalue weighted by atomic mass is 9.96. The predicted molar refractivity (Wildman–Crippen MR) is 108 cm³/mol. The molecule has 1 N–H and O–H groups in total. The van der Waals surface area contributed by atoms with Gasteiger partial charge in [-0.1, -0.05) is 0 Å². The minimum Gasteiger partial charge on any atom is -0.369 e. The number of aromatic nitrogens is 4. The van der Waals surface area contributed by atoms with Gasteiger partial charge in [0.1, 0.15) is 5.52 Å². The highest BCUT2D eigenvalue weighted by atomic mass is 16.1. The molecule has 144 valence electrons. The lowest BCUT2D eigenvalue weighted by Gasteiger charge is -2.33. The Morgan fingerprint density at radius 1 is 1.21 bits per heavy atom. The first kappa shape index (κ1) is 18.3. The van der Waals surface area contributed by atoms with E-state index >= 15 is 0 Å². The van der Waals surface area contributed by atoms with Gasteiger partial charge >= 0.3 is 0 Å². The molecule has 1 aliphatic rings. The molecule has 28 heavy (non-hydrogen) atoms. The third-order valence-corrected chi connectivity index (χ3v) is 5.29. The molecule has 0 aromatic carbocycles. The fourth-order valence-corrected chi connectivity index (χ4v) is 3.54. The van der Waals surface area contributed by atoms with Crippen LogP contribution in [0.5, 0.6) is 0 Å². The quantitative estimate of drug-likeness (QED) is 0.753. The second-order valence-corrected chi connectivity index (χ2v) is 7.29. The van der Waals surface area contributed by atoms with E-state index < -0.39 is 0 Å². The van der Waals surface area contributed by atoms with Gasteiger partial charge in [0.15, 0.2) is 5.65 Å². The van der Waals surface area contributed by atoms with Crippen LogP contribution in [0.2, 0.25) is 0 Å². The Morgan fingerprint density at radius 2 is 2.00 bits per heavy atom. The summed E-state index contributed by atoms with van der Waals surface area (Å²) in [6, 6.07) is 5.86. The molecular weight excluding hydrogens is 352 g/mol. The first-order valence-electron chi connectivity index (χ1n) is 9.63. The van der Waals surface area contributed by atoms with Crippen molar-refractivity contribution in [2.24, 2.45) is 5.92 Å². The number of amides is 1. The molecule has 0 aliphatic carbocycles. The zero-order valence-electron chi connectivity index (χ0n) is 16.2. The van der Waals surface area contributed by atoms with Gasteiger partial charge in [-0.3, -0.25) is 9.78 Å². The van der Waals surface area contributed by atoms with Crippen LogP contribution in [0.1, 0.15) is 29.8 Å². The van der Waals surface area contributed by atoms with Gasteiger partial charge in [-0.25, -0.2) is 15.0 Å². The minimum absolute atomic E-state index is 0.0304. The van der Waals surface area contributed by atoms with E-state index in [1.165, 1.54) is 0 Å². The van der Waals surface area contributed by atoms with Gasteiger partial charge in [0.05, 0.1) is 29.2 Å². The van der Waals surface area contributed by atoms with Crippen molar-refractivity contribution in [1.82, 2.24) is 25.3 Å². The highest BCUT2D eigenvalue weighted by Gasteiger charge is 2.26. The van der Waals surface area contributed by atoms with Gasteiger partial charge in [0.2, 0.25) is 5.91 Å². The number of carbonyl (C=O) groups is 1. The van der Waals surface area contributed by atoms with Crippen LogP contribution in [-0.4, -0.2) is 38.9 Å². The Labute approximate surface area is 164 Å². The molecule has 1 aliphatic heterocycles. The standard InChI is InChI=1S/C21H24N6O/c1-14-15(2)26-20-19(25-14)10-18(12-23-20)27-9-3-4-17(13-27)21(28)24-11-16-5-7-22-8-6-16/h5-8,10,12,17H,3-4,9,11,13H2,1-2H3,(H,24,28)/t17-/m0/s1. The van der Waals surface area contributed by atoms with E-state index in [9.17, 15) is 4.79 Å². The molecule has 3 aromatic rings. The summed E-state index contributed by atoms with van der Waals surface area (Å²) < 4.78 is 0. The molecule has 0 radical (unpaired) electrons. The van der Waals surface area contributed by atoms with Crippen molar-refractivity contribution >= 4 is 22.8 Å². The molecule has 1 saturated heterocycles. The zero-order chi connectivity index (χ0) is 19.5. The van der Waals surface area contributed by atoms with E-state index in [0.29, 0.717) is 18.7 Å². The Bertz CT molecular complexity index is 991. The van der Waals surface area contributed by atoms with Crippen molar-refractivity contribution in [1.29, 1.82) is 0 Å². The maximum atomic E-state index is 12.7. The maximum absolute atomic E-state index is 12.7. The van der Waals surface area contributed by atoms with Gasteiger partial charge in [-0.15, -0.1) is 0 Å². The van der Waals surface area contributed by atoms with Crippen LogP contribution < -0.4 is 10.2 Å². The van der Waals surface area contributed by atoms with Crippen LogP contribution in [0.3, 0.4) is 0 Å². The summed E-state index contributed by atoms with van der Waals surface area (Å²) in [6.45, 7) is 6.03. The van der Waals surface area contributed by atoms with Crippen LogP contribution in [-0.2, 0) is 11.3 Å². The number of fused-ring (bicyclic) bond motifs is 1. The average Bonchev–Trinajstić information content (AvgIpc) is 2.73. The summed E-state index contributed by atoms with van der Waals surface area (Å²) in [6.07, 6.45) is 7.19. The number of nitrogens with zero attached hydrogens (tertiary/aromatic N) is 5. The smallest absolute Gasteiger partial charge is 0.225 e. The van der Waals surface area contributed by atoms with Gasteiger partial charge in [0, 0.05) is 32.0 Å². The molecule has 0 saturated carbocycles. The van der Waals surface area contributed by atoms with Crippen molar-refractivity contribution in [2.75, 3.05) is 18.0 Å². The molecule has 0 bridgehead atoms. The van der Waals surface area contributed by atoms with Crippen LogP contribution in [0.15, 0.2) is 36.8 Å². The summed E-state index contributed by atoms with van der Waals surface area (Å²) in [5.41, 5.74) is 5.33. The second kappa shape index (κ2) is 7.88. The third-order valence-electron chi connectivity index (χ3n) is 5.29. The number of hydrogen-bond acceptors (Lipinski definition) is 6. The van der Waals surface area contributed by atoms with Crippen LogP contribution >= 0.6 is 0 Å². The topological polar surface area (TPSA) is 83.9 Å². The molecule has 1 amide bonds. The maximum Gasteiger partial charge on any atom is 0.225 e. The zero-order valence-corrected chi connectivity index (χ0v) is 16.2. The van der Waals surface area contributed by atoms with Gasteiger partial charge < -0.3 is 10.2 Å². The predicted octanol–water partition coefficient (Wildman–Crippen LogP) is 2.57. The number of rotatable bonds is 4. The number of aryl methyl sites for hydroxylation is 2. The van der Waals surface area contributed by atoms with Crippen LogP contribution in [0.4, 0.5) is 5.69 Å². The third kappa shape index (κ3) is 3.93. The number of pyridine rings is 2. The first-order chi connectivity index (χ1) is 13.6. The highest BCUT2D eigenvalue weighted by Crippen LogP contribution is 2.25. The summed E-state index contributed by atoms with van der Waals surface area (Å²) in [5.74, 6) is 0.0682. The fourth-order valence-electron chi connectivity index (χ4n) is 3.54. The lowest BCUT2D eigenvalue weighted by Crippen LogP contribution is -2.43. The molecule has 1 atom stereocenters. The van der Waals surface area contributed by atoms with E-state index in [0.717, 1.165) is 47.5 Å². The minimum atomic E-state index is -0.0304. The van der Waals surface area contributed by atoms with E-state index in [-0.39, 0.29) is 11.8 Å². The van der Waals surface area contributed by atoms with E-state index in [1.807, 2.05) is 38.2 Å². The largest absolute Gasteiger partial charge is 0.369 e. The Balaban J connectivity index is 1.45. The summed E-state index contributed by atoms with van der Waals surface area (Å²) in [5, 5.41) is 3.05. The lowest BCUT2D eigenvalue weighted by molar-refractivity contribution is -0.125. The van der Waals surface area contributed by atoms with Crippen molar-refractivity contribution < 1.29 is 4.79 Å². The second-order valence-electron chi connectivity index (χ2n) is 7.29. The van der Waals surface area contributed by atoms with Crippen molar-refractivity contribution in [2.45, 2.75) is 33.2 Å². The van der Waals surface area contributed by atoms with Crippen LogP contribution in [0, 0.1) is 19.8 Å². The molecular formula is C21H24N6O. The SMILES string of the molecule is Cc1nc2cc(N3CCC[C@H](C(=O)NCc4ccncc4)C3)cnc2nc1C. The van der Waals surface area contributed by atoms with Crippen molar-refractivity contribution in [3.05, 3.63) is 53.7 Å². The first-order valence-corrected chi connectivity index (χ1v) is 9.63. The Morgan fingerprint density at radius 3 is 2.82 bits per heavy atom. The fraction of sp³-hybridized carbons (Fsp3) is 0.381. The van der Waals surface area contributed by atoms with Crippen molar-refractivity contribution in [3.8, 4) is 0 Å². The number of piperidine rings is 1. The van der Waals surface area contributed by atoms with Gasteiger partial charge in [0.25, 0.3) is 0 Å².